The fourth-order valence-electron chi connectivity index (χ4n) is 11.4. The lowest BCUT2D eigenvalue weighted by Gasteiger charge is -2.42. The predicted molar refractivity (Wildman–Crippen MR) is 291 cm³/mol. The quantitative estimate of drug-likeness (QED) is 0.161. The van der Waals surface area contributed by atoms with Crippen molar-refractivity contribution in [1.82, 2.24) is 4.57 Å². The van der Waals surface area contributed by atoms with Gasteiger partial charge in [-0.2, -0.15) is 0 Å². The molecule has 0 bridgehead atoms. The molecular formula is C63H75BN2O. The van der Waals surface area contributed by atoms with Crippen molar-refractivity contribution in [3.8, 4) is 22.6 Å². The average Bonchev–Trinajstić information content (AvgIpc) is 3.84. The molecule has 3 aliphatic rings. The van der Waals surface area contributed by atoms with E-state index in [0.717, 1.165) is 24.3 Å². The summed E-state index contributed by atoms with van der Waals surface area (Å²) < 4.78 is 10.3. The Balaban J connectivity index is 1.33. The van der Waals surface area contributed by atoms with Gasteiger partial charge >= 0.3 is 0 Å². The van der Waals surface area contributed by atoms with Gasteiger partial charge in [-0.05, 0) is 164 Å². The maximum atomic E-state index is 7.69. The van der Waals surface area contributed by atoms with Crippen LogP contribution in [0.15, 0.2) is 91.0 Å². The lowest BCUT2D eigenvalue weighted by atomic mass is 9.34. The second-order valence-electron chi connectivity index (χ2n) is 26.7. The van der Waals surface area contributed by atoms with E-state index >= 15 is 0 Å². The number of benzene rings is 6. The van der Waals surface area contributed by atoms with E-state index in [2.05, 4.69) is 225 Å². The molecule has 0 unspecified atom stereocenters. The number of ether oxygens (including phenoxy) is 1. The lowest BCUT2D eigenvalue weighted by Crippen LogP contribution is -2.60. The molecule has 1 aliphatic carbocycles. The van der Waals surface area contributed by atoms with Gasteiger partial charge in [0.05, 0.1) is 11.2 Å². The standard InChI is InChI=1S/C63H75BN2O/c1-58(2,3)39-23-28-49(46(33-39)38-30-41(60(7,8)9)32-42(31-38)61(10,11)12)65-50-29-24-40(59(4,5)6)34-48(50)64-47-26-25-45-54-44-21-19-20-37(44)22-27-51(54)66(63(16,17)18)56(45)57(47)67-53-36-43(62(13,14)15)35-52(65)55(53)64/h22-36H,19-21H2,1-18H3. The maximum Gasteiger partial charge on any atom is 0.256 e. The van der Waals surface area contributed by atoms with Crippen LogP contribution in [0.5, 0.6) is 11.5 Å². The van der Waals surface area contributed by atoms with Crippen LogP contribution in [0, 0.1) is 0 Å². The third-order valence-electron chi connectivity index (χ3n) is 15.4. The number of aromatic nitrogens is 1. The van der Waals surface area contributed by atoms with Crippen LogP contribution in [0.25, 0.3) is 32.9 Å². The Hall–Kier alpha value is -5.22. The van der Waals surface area contributed by atoms with Crippen LogP contribution in [0.3, 0.4) is 0 Å². The van der Waals surface area contributed by atoms with Crippen molar-refractivity contribution < 1.29 is 4.74 Å². The Morgan fingerprint density at radius 2 is 1.07 bits per heavy atom. The molecule has 0 saturated heterocycles. The number of fused-ring (bicyclic) bond motifs is 10. The van der Waals surface area contributed by atoms with Gasteiger partial charge in [0.15, 0.2) is 0 Å². The molecule has 67 heavy (non-hydrogen) atoms. The molecule has 3 heterocycles. The highest BCUT2D eigenvalue weighted by atomic mass is 16.5. The molecule has 0 spiro atoms. The predicted octanol–water partition coefficient (Wildman–Crippen LogP) is 15.6. The summed E-state index contributed by atoms with van der Waals surface area (Å²) in [7, 11) is 0. The van der Waals surface area contributed by atoms with Crippen LogP contribution in [0.2, 0.25) is 0 Å². The highest BCUT2D eigenvalue weighted by molar-refractivity contribution is 6.99. The first kappa shape index (κ1) is 45.6. The van der Waals surface area contributed by atoms with Crippen LogP contribution in [0.1, 0.15) is 170 Å². The van der Waals surface area contributed by atoms with Crippen LogP contribution in [-0.2, 0) is 45.5 Å². The molecule has 6 aromatic carbocycles. The molecule has 346 valence electrons. The summed E-state index contributed by atoms with van der Waals surface area (Å²) in [6, 6.07) is 36.7. The van der Waals surface area contributed by atoms with Gasteiger partial charge in [-0.15, -0.1) is 0 Å². The molecule has 0 fully saturated rings. The van der Waals surface area contributed by atoms with Gasteiger partial charge in [0.1, 0.15) is 11.5 Å². The summed E-state index contributed by atoms with van der Waals surface area (Å²) in [6.45, 7) is 42.3. The summed E-state index contributed by atoms with van der Waals surface area (Å²) in [5.74, 6) is 1.98. The molecule has 7 aromatic rings. The second kappa shape index (κ2) is 14.6. The zero-order valence-electron chi connectivity index (χ0n) is 44.2. The molecule has 2 aliphatic heterocycles. The van der Waals surface area contributed by atoms with Crippen LogP contribution in [0.4, 0.5) is 17.1 Å². The van der Waals surface area contributed by atoms with Crippen molar-refractivity contribution in [3.63, 3.8) is 0 Å². The topological polar surface area (TPSA) is 17.4 Å². The van der Waals surface area contributed by atoms with Crippen LogP contribution in [-0.4, -0.2) is 11.3 Å². The molecule has 3 nitrogen and oxygen atoms in total. The number of rotatable bonds is 2. The van der Waals surface area contributed by atoms with Crippen molar-refractivity contribution in [1.29, 1.82) is 0 Å². The Labute approximate surface area is 403 Å². The fourth-order valence-corrected chi connectivity index (χ4v) is 11.4. The number of aryl methyl sites for hydroxylation is 2. The van der Waals surface area contributed by atoms with Crippen LogP contribution >= 0.6 is 0 Å². The monoisotopic (exact) mass is 887 g/mol. The summed E-state index contributed by atoms with van der Waals surface area (Å²) in [5, 5.41) is 2.73. The van der Waals surface area contributed by atoms with E-state index in [1.54, 1.807) is 0 Å². The largest absolute Gasteiger partial charge is 0.456 e. The number of anilines is 3. The minimum atomic E-state index is -0.183. The number of nitrogens with zero attached hydrogens (tertiary/aromatic N) is 2. The molecule has 10 rings (SSSR count). The van der Waals surface area contributed by atoms with Crippen molar-refractivity contribution in [2.75, 3.05) is 4.90 Å². The molecule has 0 N–H and O–H groups in total. The van der Waals surface area contributed by atoms with Gasteiger partial charge in [-0.1, -0.05) is 158 Å². The Morgan fingerprint density at radius 3 is 1.67 bits per heavy atom. The molecule has 0 radical (unpaired) electrons. The smallest absolute Gasteiger partial charge is 0.256 e. The van der Waals surface area contributed by atoms with Crippen LogP contribution < -0.4 is 26.0 Å². The van der Waals surface area contributed by atoms with Crippen molar-refractivity contribution in [2.45, 2.75) is 177 Å². The second-order valence-corrected chi connectivity index (χ2v) is 26.7. The molecular weight excluding hydrogens is 812 g/mol. The summed E-state index contributed by atoms with van der Waals surface area (Å²) in [5.41, 5.74) is 21.7. The zero-order valence-corrected chi connectivity index (χ0v) is 44.2. The Morgan fingerprint density at radius 1 is 0.493 bits per heavy atom. The van der Waals surface area contributed by atoms with Crippen molar-refractivity contribution in [2.24, 2.45) is 0 Å². The summed E-state index contributed by atoms with van der Waals surface area (Å²) in [6.07, 6.45) is 3.51. The van der Waals surface area contributed by atoms with Gasteiger partial charge in [-0.3, -0.25) is 0 Å². The average molecular weight is 887 g/mol. The highest BCUT2D eigenvalue weighted by Crippen LogP contribution is 2.50. The Kier molecular flexibility index (Phi) is 9.96. The molecule has 4 heteroatoms. The van der Waals surface area contributed by atoms with Gasteiger partial charge in [0, 0.05) is 38.8 Å². The van der Waals surface area contributed by atoms with E-state index in [1.807, 2.05) is 0 Å². The van der Waals surface area contributed by atoms with Gasteiger partial charge in [0.25, 0.3) is 6.71 Å². The summed E-state index contributed by atoms with van der Waals surface area (Å²) in [4.78, 5) is 2.62. The maximum absolute atomic E-state index is 7.69. The Bertz CT molecular complexity index is 3160. The minimum Gasteiger partial charge on any atom is -0.456 e. The zero-order chi connectivity index (χ0) is 48.3. The first-order valence-electron chi connectivity index (χ1n) is 25.3. The van der Waals surface area contributed by atoms with E-state index in [0.29, 0.717) is 0 Å². The van der Waals surface area contributed by atoms with E-state index in [-0.39, 0.29) is 39.3 Å². The number of hydrogen-bond donors (Lipinski definition) is 0. The van der Waals surface area contributed by atoms with E-state index in [9.17, 15) is 0 Å². The fraction of sp³-hybridized carbons (Fsp3) is 0.429. The van der Waals surface area contributed by atoms with Gasteiger partial charge in [0.2, 0.25) is 0 Å². The van der Waals surface area contributed by atoms with E-state index in [1.165, 1.54) is 112 Å². The van der Waals surface area contributed by atoms with Crippen molar-refractivity contribution >= 4 is 62.0 Å². The van der Waals surface area contributed by atoms with Gasteiger partial charge < -0.3 is 14.2 Å². The molecule has 0 amide bonds. The molecule has 0 saturated carbocycles. The third-order valence-corrected chi connectivity index (χ3v) is 15.4. The first-order valence-corrected chi connectivity index (χ1v) is 25.3. The SMILES string of the molecule is CC(C)(C)c1cc(-c2cc(C(C)(C)C)ccc2N2c3ccc(C(C)(C)C)cc3B3c4ccc5c6c7c(ccc6n(C(C)(C)C)c5c4Oc4cc(C(C)(C)C)cc2c43)CCC7)cc(C(C)(C)C)c1. The van der Waals surface area contributed by atoms with Gasteiger partial charge in [-0.25, -0.2) is 0 Å². The molecule has 1 aromatic heterocycles. The number of hydrogen-bond acceptors (Lipinski definition) is 2. The van der Waals surface area contributed by atoms with E-state index in [4.69, 9.17) is 4.74 Å². The highest BCUT2D eigenvalue weighted by Gasteiger charge is 2.45. The first-order chi connectivity index (χ1) is 31.0. The van der Waals surface area contributed by atoms with Crippen molar-refractivity contribution in [3.05, 3.63) is 130 Å². The minimum absolute atomic E-state index is 0.0267. The molecule has 0 atom stereocenters. The summed E-state index contributed by atoms with van der Waals surface area (Å²) >= 11 is 0. The lowest BCUT2D eigenvalue weighted by molar-refractivity contribution is 0.415. The third kappa shape index (κ3) is 7.37. The van der Waals surface area contributed by atoms with E-state index < -0.39 is 0 Å². The normalized spacial score (nSPS) is 15.2.